The van der Waals surface area contributed by atoms with Crippen molar-refractivity contribution in [2.24, 2.45) is 0 Å². The lowest BCUT2D eigenvalue weighted by molar-refractivity contribution is 0.0997. The molecule has 2 aliphatic rings. The number of thiophene rings is 1. The molecule has 1 N–H and O–H groups in total. The average Bonchev–Trinajstić information content (AvgIpc) is 3.12. The number of ketones is 1. The fourth-order valence-corrected chi connectivity index (χ4v) is 3.26. The molecule has 1 aromatic carbocycles. The minimum Gasteiger partial charge on any atom is -0.316 e. The maximum Gasteiger partial charge on any atom is 0.177 e. The number of carbonyl (C=O) groups excluding carboxylic acids is 1. The second-order valence-corrected chi connectivity index (χ2v) is 5.41. The van der Waals surface area contributed by atoms with E-state index >= 15 is 0 Å². The van der Waals surface area contributed by atoms with Crippen molar-refractivity contribution in [2.45, 2.75) is 19.2 Å². The number of carbonyl (C=O) groups is 1. The van der Waals surface area contributed by atoms with Gasteiger partial charge < -0.3 is 5.32 Å². The summed E-state index contributed by atoms with van der Waals surface area (Å²) in [6.07, 6.45) is -6.80. The van der Waals surface area contributed by atoms with E-state index in [1.54, 1.807) is 5.32 Å². The average molecular weight is 307 g/mol. The Labute approximate surface area is 145 Å². The summed E-state index contributed by atoms with van der Waals surface area (Å²) in [7, 11) is 0. The predicted molar refractivity (Wildman–Crippen MR) is 86.9 cm³/mol. The first kappa shape index (κ1) is 5.49. The molecule has 0 bridgehead atoms. The second kappa shape index (κ2) is 5.24. The van der Waals surface area contributed by atoms with Crippen molar-refractivity contribution in [2.75, 3.05) is 13.0 Å². The molecule has 0 unspecified atom stereocenters. The van der Waals surface area contributed by atoms with Crippen LogP contribution in [0.5, 0.6) is 0 Å². The molecule has 0 atom stereocenters. The van der Waals surface area contributed by atoms with Crippen LogP contribution in [0.2, 0.25) is 0 Å². The maximum absolute atomic E-state index is 13.0. The SMILES string of the molecule is [2H]c1c([2H])c([2H])c2c(c1[2H])CC(=O)c1sccc1C2=C1C([2H])([2H])C([2H])([2H])NC([2H])([2H])C1([2H])[2H]. The number of hydrogen-bond acceptors (Lipinski definition) is 3. The molecule has 21 heavy (non-hydrogen) atoms. The highest BCUT2D eigenvalue weighted by atomic mass is 32.1. The van der Waals surface area contributed by atoms with Crippen molar-refractivity contribution >= 4 is 22.7 Å². The van der Waals surface area contributed by atoms with Crippen LogP contribution in [0.3, 0.4) is 0 Å². The van der Waals surface area contributed by atoms with E-state index in [0.29, 0.717) is 0 Å². The molecule has 2 aromatic rings. The Morgan fingerprint density at radius 2 is 2.00 bits per heavy atom. The van der Waals surface area contributed by atoms with Gasteiger partial charge in [-0.05, 0) is 53.9 Å². The number of fused-ring (bicyclic) bond motifs is 2. The van der Waals surface area contributed by atoms with Crippen molar-refractivity contribution in [1.29, 1.82) is 0 Å². The van der Waals surface area contributed by atoms with Crippen LogP contribution < -0.4 is 5.32 Å². The number of benzene rings is 1. The lowest BCUT2D eigenvalue weighted by atomic mass is 9.88. The van der Waals surface area contributed by atoms with Crippen LogP contribution in [0.4, 0.5) is 0 Å². The van der Waals surface area contributed by atoms with Crippen LogP contribution in [0.1, 0.15) is 55.6 Å². The molecule has 3 heteroatoms. The number of rotatable bonds is 0. The van der Waals surface area contributed by atoms with Gasteiger partial charge in [0.05, 0.1) is 10.4 Å². The molecule has 4 rings (SSSR count). The third kappa shape index (κ3) is 2.17. The molecule has 1 aliphatic carbocycles. The summed E-state index contributed by atoms with van der Waals surface area (Å²) in [5.74, 6) is -0.525. The molecule has 1 aliphatic heterocycles. The van der Waals surface area contributed by atoms with Gasteiger partial charge in [0, 0.05) is 23.0 Å². The van der Waals surface area contributed by atoms with Gasteiger partial charge in [-0.1, -0.05) is 29.7 Å². The highest BCUT2D eigenvalue weighted by Crippen LogP contribution is 2.39. The summed E-state index contributed by atoms with van der Waals surface area (Å²) in [6, 6.07) is -1.14. The number of nitrogens with one attached hydrogen (secondary N) is 1. The molecule has 2 nitrogen and oxygen atoms in total. The van der Waals surface area contributed by atoms with Gasteiger partial charge in [0.25, 0.3) is 0 Å². The van der Waals surface area contributed by atoms with Crippen LogP contribution >= 0.6 is 11.3 Å². The van der Waals surface area contributed by atoms with Crippen LogP contribution in [0.25, 0.3) is 5.57 Å². The van der Waals surface area contributed by atoms with Gasteiger partial charge in [-0.3, -0.25) is 4.79 Å². The van der Waals surface area contributed by atoms with E-state index in [2.05, 4.69) is 0 Å². The Balaban J connectivity index is 2.32. The molecule has 0 spiro atoms. The van der Waals surface area contributed by atoms with E-state index in [1.807, 2.05) is 0 Å². The molecule has 1 fully saturated rings. The fourth-order valence-electron chi connectivity index (χ4n) is 2.42. The first-order chi connectivity index (χ1) is 15.0. The van der Waals surface area contributed by atoms with Gasteiger partial charge in [0.15, 0.2) is 5.78 Å². The third-order valence-corrected chi connectivity index (χ3v) is 4.25. The number of hydrogen-bond donors (Lipinski definition) is 1. The molecule has 0 amide bonds. The van der Waals surface area contributed by atoms with Crippen LogP contribution in [0, 0.1) is 0 Å². The molecule has 1 saturated heterocycles. The van der Waals surface area contributed by atoms with Gasteiger partial charge >= 0.3 is 0 Å². The topological polar surface area (TPSA) is 29.1 Å². The molecule has 0 radical (unpaired) electrons. The Bertz CT molecular complexity index is 1220. The zero-order valence-corrected chi connectivity index (χ0v) is 11.5. The van der Waals surface area contributed by atoms with Crippen molar-refractivity contribution < 1.29 is 21.2 Å². The lowest BCUT2D eigenvalue weighted by Crippen LogP contribution is -2.24. The zero-order valence-electron chi connectivity index (χ0n) is 22.7. The van der Waals surface area contributed by atoms with E-state index in [0.717, 1.165) is 11.3 Å². The molecular weight excluding hydrogens is 278 g/mol. The first-order valence-electron chi connectivity index (χ1n) is 12.2. The normalized spacial score (nSPS) is 36.1. The summed E-state index contributed by atoms with van der Waals surface area (Å²) in [6.45, 7) is -6.19. The van der Waals surface area contributed by atoms with E-state index in [1.165, 1.54) is 11.4 Å². The predicted octanol–water partition coefficient (Wildman–Crippen LogP) is 3.67. The Kier molecular flexibility index (Phi) is 1.37. The van der Waals surface area contributed by atoms with E-state index in [9.17, 15) is 4.79 Å². The van der Waals surface area contributed by atoms with Crippen LogP contribution in [-0.2, 0) is 6.42 Å². The van der Waals surface area contributed by atoms with Gasteiger partial charge in [-0.2, -0.15) is 0 Å². The molecule has 1 aromatic heterocycles. The van der Waals surface area contributed by atoms with Gasteiger partial charge in [0.1, 0.15) is 0 Å². The smallest absolute Gasteiger partial charge is 0.177 e. The number of Topliss-reactive ketones (excluding diaryl/α,β-unsaturated/α-hetero) is 1. The molecular formula is C18H17NOS. The number of piperidine rings is 1. The lowest BCUT2D eigenvalue weighted by Gasteiger charge is -2.21. The van der Waals surface area contributed by atoms with Gasteiger partial charge in [-0.25, -0.2) is 0 Å². The molecule has 2 heterocycles. The first-order valence-corrected chi connectivity index (χ1v) is 7.10. The van der Waals surface area contributed by atoms with Gasteiger partial charge in [-0.15, -0.1) is 11.3 Å². The van der Waals surface area contributed by atoms with E-state index in [4.69, 9.17) is 16.4 Å². The Morgan fingerprint density at radius 3 is 2.86 bits per heavy atom. The summed E-state index contributed by atoms with van der Waals surface area (Å²) >= 11 is 0.957. The quantitative estimate of drug-likeness (QED) is 0.804. The van der Waals surface area contributed by atoms with E-state index < -0.39 is 73.3 Å². The highest BCUT2D eigenvalue weighted by Gasteiger charge is 2.26. The maximum atomic E-state index is 13.0. The highest BCUT2D eigenvalue weighted by molar-refractivity contribution is 7.12. The molecule has 106 valence electrons. The molecule has 0 saturated carbocycles. The van der Waals surface area contributed by atoms with Crippen LogP contribution in [-0.4, -0.2) is 18.8 Å². The van der Waals surface area contributed by atoms with Crippen molar-refractivity contribution in [3.05, 3.63) is 62.8 Å². The Hall–Kier alpha value is -1.71. The second-order valence-electron chi connectivity index (χ2n) is 4.49. The summed E-state index contributed by atoms with van der Waals surface area (Å²) in [5, 5.41) is 3.24. The van der Waals surface area contributed by atoms with Crippen molar-refractivity contribution in [3.8, 4) is 0 Å². The summed E-state index contributed by atoms with van der Waals surface area (Å²) < 4.78 is 99.5. The third-order valence-electron chi connectivity index (χ3n) is 3.29. The summed E-state index contributed by atoms with van der Waals surface area (Å²) in [4.78, 5) is 13.0. The van der Waals surface area contributed by atoms with Gasteiger partial charge in [0.2, 0.25) is 0 Å². The fraction of sp³-hybridized carbons (Fsp3) is 0.278. The standard InChI is InChI=1S/C18H17NOS/c20-16-11-13-3-1-2-4-14(13)17(12-5-8-19-9-6-12)15-7-10-21-18(15)16/h1-4,7,10,19H,5-6,8-9,11H2/i1D,2D,3D,4D,5D2,6D2,8D2,9D2. The minimum atomic E-state index is -3.17. The Morgan fingerprint density at radius 1 is 1.19 bits per heavy atom. The van der Waals surface area contributed by atoms with Crippen LogP contribution in [0.15, 0.2) is 41.2 Å². The monoisotopic (exact) mass is 307 g/mol. The van der Waals surface area contributed by atoms with Crippen molar-refractivity contribution in [3.63, 3.8) is 0 Å². The minimum absolute atomic E-state index is 0.0231. The zero-order chi connectivity index (χ0) is 24.9. The summed E-state index contributed by atoms with van der Waals surface area (Å²) in [5.41, 5.74) is -1.93. The van der Waals surface area contributed by atoms with Crippen molar-refractivity contribution in [1.82, 2.24) is 5.32 Å². The van der Waals surface area contributed by atoms with E-state index in [-0.39, 0.29) is 21.6 Å². The largest absolute Gasteiger partial charge is 0.316 e.